The lowest BCUT2D eigenvalue weighted by atomic mass is 9.88. The summed E-state index contributed by atoms with van der Waals surface area (Å²) in [4.78, 5) is -0.821. The third kappa shape index (κ3) is 4.34. The van der Waals surface area contributed by atoms with Crippen LogP contribution in [-0.4, -0.2) is 34.2 Å². The van der Waals surface area contributed by atoms with Gasteiger partial charge in [0.05, 0.1) is 11.8 Å². The molecule has 1 aliphatic rings. The third-order valence-corrected chi connectivity index (χ3v) is 7.36. The molecule has 0 saturated carbocycles. The number of nitrogens with zero attached hydrogens (tertiary/aromatic N) is 3. The van der Waals surface area contributed by atoms with E-state index in [4.69, 9.17) is 0 Å². The van der Waals surface area contributed by atoms with Gasteiger partial charge >= 0.3 is 6.18 Å². The Labute approximate surface area is 188 Å². The van der Waals surface area contributed by atoms with Gasteiger partial charge in [-0.1, -0.05) is 26.0 Å². The van der Waals surface area contributed by atoms with E-state index in [1.807, 2.05) is 0 Å². The number of alkyl halides is 3. The second-order valence-electron chi connectivity index (χ2n) is 8.77. The predicted octanol–water partition coefficient (Wildman–Crippen LogP) is 4.51. The number of rotatable bonds is 3. The minimum atomic E-state index is -4.77. The lowest BCUT2D eigenvalue weighted by Gasteiger charge is -2.29. The molecule has 0 radical (unpaired) electrons. The van der Waals surface area contributed by atoms with Gasteiger partial charge in [-0.3, -0.25) is 0 Å². The molecule has 0 atom stereocenters. The van der Waals surface area contributed by atoms with Crippen molar-refractivity contribution in [1.82, 2.24) is 14.1 Å². The minimum Gasteiger partial charge on any atom is -0.507 e. The Morgan fingerprint density at radius 2 is 1.82 bits per heavy atom. The van der Waals surface area contributed by atoms with E-state index < -0.39 is 43.6 Å². The molecule has 3 aromatic rings. The SMILES string of the molecule is CC1(C)Cc2c(cnn2-c2ccccc2F)CN(S(=O)(=O)c2cc(C(F)(F)F)ccc2O)C1. The van der Waals surface area contributed by atoms with E-state index in [1.54, 1.807) is 32.0 Å². The number of aromatic nitrogens is 2. The highest BCUT2D eigenvalue weighted by atomic mass is 32.2. The molecule has 0 bridgehead atoms. The maximum Gasteiger partial charge on any atom is 0.416 e. The van der Waals surface area contributed by atoms with Crippen LogP contribution in [0.1, 0.15) is 30.7 Å². The number of hydrogen-bond donors (Lipinski definition) is 1. The van der Waals surface area contributed by atoms with Crippen LogP contribution < -0.4 is 0 Å². The highest BCUT2D eigenvalue weighted by molar-refractivity contribution is 7.89. The van der Waals surface area contributed by atoms with Crippen molar-refractivity contribution >= 4 is 10.0 Å². The van der Waals surface area contributed by atoms with Crippen LogP contribution in [0.25, 0.3) is 5.69 Å². The van der Waals surface area contributed by atoms with Crippen molar-refractivity contribution in [2.75, 3.05) is 6.54 Å². The van der Waals surface area contributed by atoms with E-state index in [0.29, 0.717) is 29.8 Å². The van der Waals surface area contributed by atoms with Gasteiger partial charge in [0.15, 0.2) is 0 Å². The normalized spacial score (nSPS) is 16.9. The molecule has 0 fully saturated rings. The van der Waals surface area contributed by atoms with E-state index in [0.717, 1.165) is 10.4 Å². The summed E-state index contributed by atoms with van der Waals surface area (Å²) in [7, 11) is -4.50. The number of phenols is 1. The number of phenolic OH excluding ortho intramolecular Hbond substituents is 1. The standard InChI is InChI=1S/C22H21F4N3O3S/c1-21(2)10-18-14(11-27-29(18)17-6-4-3-5-16(17)23)12-28(13-21)33(31,32)20-9-15(22(24,25)26)7-8-19(20)30/h3-9,11,30H,10,12-13H2,1-2H3. The van der Waals surface area contributed by atoms with Crippen molar-refractivity contribution in [2.24, 2.45) is 5.41 Å². The number of sulfonamides is 1. The monoisotopic (exact) mass is 483 g/mol. The van der Waals surface area contributed by atoms with Crippen molar-refractivity contribution in [3.63, 3.8) is 0 Å². The summed E-state index contributed by atoms with van der Waals surface area (Å²) in [6.07, 6.45) is -3.00. The van der Waals surface area contributed by atoms with Gasteiger partial charge in [0, 0.05) is 24.3 Å². The smallest absolute Gasteiger partial charge is 0.416 e. The highest BCUT2D eigenvalue weighted by Gasteiger charge is 2.39. The van der Waals surface area contributed by atoms with E-state index in [1.165, 1.54) is 16.9 Å². The van der Waals surface area contributed by atoms with Gasteiger partial charge in [-0.2, -0.15) is 22.6 Å². The van der Waals surface area contributed by atoms with Gasteiger partial charge in [0.1, 0.15) is 22.1 Å². The fraction of sp³-hybridized carbons (Fsp3) is 0.318. The molecular weight excluding hydrogens is 462 g/mol. The number of para-hydroxylation sites is 1. The van der Waals surface area contributed by atoms with Crippen LogP contribution in [0.3, 0.4) is 0 Å². The first-order valence-electron chi connectivity index (χ1n) is 10.0. The fourth-order valence-corrected chi connectivity index (χ4v) is 5.71. The van der Waals surface area contributed by atoms with Crippen molar-refractivity contribution in [3.8, 4) is 11.4 Å². The zero-order valence-electron chi connectivity index (χ0n) is 17.8. The molecule has 2 heterocycles. The summed E-state index contributed by atoms with van der Waals surface area (Å²) in [6, 6.07) is 7.82. The number of fused-ring (bicyclic) bond motifs is 1. The summed E-state index contributed by atoms with van der Waals surface area (Å²) in [5, 5.41) is 14.4. The van der Waals surface area contributed by atoms with Crippen LogP contribution in [-0.2, 0) is 29.2 Å². The molecule has 4 rings (SSSR count). The van der Waals surface area contributed by atoms with Gasteiger partial charge in [0.25, 0.3) is 0 Å². The summed E-state index contributed by atoms with van der Waals surface area (Å²) in [6.45, 7) is 3.38. The molecular formula is C22H21F4N3O3S. The van der Waals surface area contributed by atoms with Crippen molar-refractivity contribution in [1.29, 1.82) is 0 Å². The second-order valence-corrected chi connectivity index (χ2v) is 10.7. The maximum absolute atomic E-state index is 14.4. The van der Waals surface area contributed by atoms with Crippen LogP contribution in [0.5, 0.6) is 5.75 Å². The molecule has 0 unspecified atom stereocenters. The van der Waals surface area contributed by atoms with E-state index in [2.05, 4.69) is 5.10 Å². The molecule has 33 heavy (non-hydrogen) atoms. The van der Waals surface area contributed by atoms with E-state index >= 15 is 0 Å². The molecule has 0 spiro atoms. The number of hydrogen-bond acceptors (Lipinski definition) is 4. The number of benzene rings is 2. The largest absolute Gasteiger partial charge is 0.507 e. The Balaban J connectivity index is 1.80. The lowest BCUT2D eigenvalue weighted by molar-refractivity contribution is -0.137. The van der Waals surface area contributed by atoms with Gasteiger partial charge in [-0.15, -0.1) is 0 Å². The summed E-state index contributed by atoms with van der Waals surface area (Å²) >= 11 is 0. The highest BCUT2D eigenvalue weighted by Crippen LogP contribution is 2.38. The summed E-state index contributed by atoms with van der Waals surface area (Å²) < 4.78 is 83.1. The average Bonchev–Trinajstić information content (AvgIpc) is 3.01. The number of aromatic hydroxyl groups is 1. The maximum atomic E-state index is 14.4. The Bertz CT molecular complexity index is 1320. The molecule has 0 aliphatic carbocycles. The summed E-state index contributed by atoms with van der Waals surface area (Å²) in [5.74, 6) is -1.27. The van der Waals surface area contributed by atoms with Gasteiger partial charge in [-0.25, -0.2) is 17.5 Å². The quantitative estimate of drug-likeness (QED) is 0.557. The first-order chi connectivity index (χ1) is 15.3. The topological polar surface area (TPSA) is 75.4 Å². The fourth-order valence-electron chi connectivity index (χ4n) is 4.00. The van der Waals surface area contributed by atoms with Gasteiger partial charge in [-0.05, 0) is 42.2 Å². The third-order valence-electron chi connectivity index (χ3n) is 5.54. The number of halogens is 4. The first kappa shape index (κ1) is 23.2. The Hall–Kier alpha value is -2.92. The molecule has 2 aromatic carbocycles. The summed E-state index contributed by atoms with van der Waals surface area (Å²) in [5.41, 5.74) is -0.532. The van der Waals surface area contributed by atoms with Crippen LogP contribution in [0.2, 0.25) is 0 Å². The zero-order chi connectivity index (χ0) is 24.2. The lowest BCUT2D eigenvalue weighted by Crippen LogP contribution is -2.37. The van der Waals surface area contributed by atoms with Crippen LogP contribution >= 0.6 is 0 Å². The van der Waals surface area contributed by atoms with Crippen molar-refractivity contribution in [3.05, 3.63) is 71.3 Å². The van der Waals surface area contributed by atoms with Gasteiger partial charge in [0.2, 0.25) is 10.0 Å². The Kier molecular flexibility index (Phi) is 5.52. The molecule has 176 valence electrons. The molecule has 1 N–H and O–H groups in total. The van der Waals surface area contributed by atoms with Crippen LogP contribution in [0.4, 0.5) is 17.6 Å². The molecule has 0 saturated heterocycles. The minimum absolute atomic E-state index is 0.0308. The van der Waals surface area contributed by atoms with E-state index in [-0.39, 0.29) is 18.8 Å². The van der Waals surface area contributed by atoms with Crippen LogP contribution in [0, 0.1) is 11.2 Å². The molecule has 6 nitrogen and oxygen atoms in total. The predicted molar refractivity (Wildman–Crippen MR) is 112 cm³/mol. The molecule has 0 amide bonds. The Morgan fingerprint density at radius 3 is 2.48 bits per heavy atom. The van der Waals surface area contributed by atoms with Crippen LogP contribution in [0.15, 0.2) is 53.6 Å². The van der Waals surface area contributed by atoms with Crippen molar-refractivity contribution < 1.29 is 31.1 Å². The van der Waals surface area contributed by atoms with Crippen molar-refractivity contribution in [2.45, 2.75) is 37.9 Å². The van der Waals surface area contributed by atoms with E-state index in [9.17, 15) is 31.1 Å². The first-order valence-corrected chi connectivity index (χ1v) is 11.4. The second kappa shape index (κ2) is 7.84. The molecule has 1 aromatic heterocycles. The molecule has 1 aliphatic heterocycles. The Morgan fingerprint density at radius 1 is 1.12 bits per heavy atom. The molecule has 11 heteroatoms. The zero-order valence-corrected chi connectivity index (χ0v) is 18.6. The average molecular weight is 483 g/mol. The van der Waals surface area contributed by atoms with Gasteiger partial charge < -0.3 is 5.11 Å².